The van der Waals surface area contributed by atoms with Gasteiger partial charge in [-0.05, 0) is 31.2 Å². The molecule has 1 aromatic carbocycles. The van der Waals surface area contributed by atoms with E-state index in [1.807, 2.05) is 0 Å². The average molecular weight is 180 g/mol. The molecular weight excluding hydrogens is 168 g/mol. The van der Waals surface area contributed by atoms with E-state index < -0.39 is 6.04 Å². The summed E-state index contributed by atoms with van der Waals surface area (Å²) in [4.78, 5) is 11.1. The number of carbonyl (C=O) groups excluding carboxylic acids is 1. The average Bonchev–Trinajstić information content (AvgIpc) is 2.08. The van der Waals surface area contributed by atoms with Crippen LogP contribution in [0.3, 0.4) is 0 Å². The highest BCUT2D eigenvalue weighted by molar-refractivity contribution is 5.94. The SMILES string of the molecule is C[C@@H](N)C(=O)Nc1ccc(O)cc1. The van der Waals surface area contributed by atoms with Crippen LogP contribution in [-0.2, 0) is 4.79 Å². The van der Waals surface area contributed by atoms with Crippen LogP contribution in [0, 0.1) is 0 Å². The maximum Gasteiger partial charge on any atom is 0.240 e. The summed E-state index contributed by atoms with van der Waals surface area (Å²) in [6.07, 6.45) is 0. The molecular formula is C9H12N2O2. The van der Waals surface area contributed by atoms with Crippen molar-refractivity contribution in [3.05, 3.63) is 24.3 Å². The van der Waals surface area contributed by atoms with Crippen molar-refractivity contribution in [1.29, 1.82) is 0 Å². The van der Waals surface area contributed by atoms with Crippen LogP contribution in [0.25, 0.3) is 0 Å². The molecule has 70 valence electrons. The first-order chi connectivity index (χ1) is 6.09. The van der Waals surface area contributed by atoms with Gasteiger partial charge in [0.25, 0.3) is 0 Å². The second-order valence-electron chi connectivity index (χ2n) is 2.82. The van der Waals surface area contributed by atoms with Gasteiger partial charge in [0.05, 0.1) is 6.04 Å². The number of benzene rings is 1. The summed E-state index contributed by atoms with van der Waals surface area (Å²) in [7, 11) is 0. The van der Waals surface area contributed by atoms with E-state index in [1.54, 1.807) is 19.1 Å². The molecule has 4 nitrogen and oxygen atoms in total. The molecule has 1 amide bonds. The van der Waals surface area contributed by atoms with E-state index >= 15 is 0 Å². The Morgan fingerprint density at radius 2 is 2.00 bits per heavy atom. The van der Waals surface area contributed by atoms with E-state index in [2.05, 4.69) is 5.32 Å². The molecule has 0 saturated heterocycles. The molecule has 0 radical (unpaired) electrons. The molecule has 0 fully saturated rings. The Labute approximate surface area is 76.4 Å². The van der Waals surface area contributed by atoms with E-state index in [0.29, 0.717) is 5.69 Å². The Kier molecular flexibility index (Phi) is 2.87. The van der Waals surface area contributed by atoms with Crippen molar-refractivity contribution in [2.75, 3.05) is 5.32 Å². The Hall–Kier alpha value is -1.55. The quantitative estimate of drug-likeness (QED) is 0.586. The molecule has 1 atom stereocenters. The lowest BCUT2D eigenvalue weighted by atomic mass is 10.3. The third-order valence-electron chi connectivity index (χ3n) is 1.55. The molecule has 0 saturated carbocycles. The minimum absolute atomic E-state index is 0.166. The van der Waals surface area contributed by atoms with Crippen molar-refractivity contribution in [3.63, 3.8) is 0 Å². The lowest BCUT2D eigenvalue weighted by Gasteiger charge is -2.06. The number of aromatic hydroxyl groups is 1. The number of hydrogen-bond donors (Lipinski definition) is 3. The van der Waals surface area contributed by atoms with E-state index in [1.165, 1.54) is 12.1 Å². The molecule has 1 aromatic rings. The monoisotopic (exact) mass is 180 g/mol. The zero-order chi connectivity index (χ0) is 9.84. The number of rotatable bonds is 2. The zero-order valence-corrected chi connectivity index (χ0v) is 7.32. The smallest absolute Gasteiger partial charge is 0.240 e. The topological polar surface area (TPSA) is 75.4 Å². The van der Waals surface area contributed by atoms with Crippen LogP contribution in [0.4, 0.5) is 5.69 Å². The predicted molar refractivity (Wildman–Crippen MR) is 50.4 cm³/mol. The molecule has 4 N–H and O–H groups in total. The number of phenols is 1. The van der Waals surface area contributed by atoms with Crippen molar-refractivity contribution in [2.45, 2.75) is 13.0 Å². The molecule has 0 aliphatic carbocycles. The summed E-state index contributed by atoms with van der Waals surface area (Å²) in [6.45, 7) is 1.61. The summed E-state index contributed by atoms with van der Waals surface area (Å²) < 4.78 is 0. The number of phenolic OH excluding ortho intramolecular Hbond substituents is 1. The molecule has 0 aliphatic rings. The minimum atomic E-state index is -0.534. The first kappa shape index (κ1) is 9.54. The molecule has 0 heterocycles. The molecule has 4 heteroatoms. The van der Waals surface area contributed by atoms with Crippen molar-refractivity contribution in [2.24, 2.45) is 5.73 Å². The van der Waals surface area contributed by atoms with Gasteiger partial charge in [-0.3, -0.25) is 4.79 Å². The fraction of sp³-hybridized carbons (Fsp3) is 0.222. The molecule has 0 bridgehead atoms. The number of anilines is 1. The summed E-state index contributed by atoms with van der Waals surface area (Å²) in [5.41, 5.74) is 5.98. The Bertz CT molecular complexity index is 293. The van der Waals surface area contributed by atoms with Crippen LogP contribution >= 0.6 is 0 Å². The highest BCUT2D eigenvalue weighted by Gasteiger charge is 2.06. The summed E-state index contributed by atoms with van der Waals surface area (Å²) in [6, 6.07) is 5.67. The van der Waals surface area contributed by atoms with Gasteiger partial charge in [0.15, 0.2) is 0 Å². The molecule has 1 rings (SSSR count). The molecule has 13 heavy (non-hydrogen) atoms. The summed E-state index contributed by atoms with van der Waals surface area (Å²) in [5, 5.41) is 11.6. The largest absolute Gasteiger partial charge is 0.508 e. The first-order valence-corrected chi connectivity index (χ1v) is 3.95. The van der Waals surface area contributed by atoms with Gasteiger partial charge >= 0.3 is 0 Å². The Morgan fingerprint density at radius 1 is 1.46 bits per heavy atom. The highest BCUT2D eigenvalue weighted by atomic mass is 16.3. The van der Waals surface area contributed by atoms with Gasteiger partial charge in [0.2, 0.25) is 5.91 Å². The highest BCUT2D eigenvalue weighted by Crippen LogP contribution is 2.13. The molecule has 0 spiro atoms. The van der Waals surface area contributed by atoms with Crippen LogP contribution in [0.1, 0.15) is 6.92 Å². The molecule has 0 aromatic heterocycles. The van der Waals surface area contributed by atoms with E-state index in [4.69, 9.17) is 10.8 Å². The van der Waals surface area contributed by atoms with Gasteiger partial charge in [-0.2, -0.15) is 0 Å². The number of carbonyl (C=O) groups is 1. The first-order valence-electron chi connectivity index (χ1n) is 3.95. The second kappa shape index (κ2) is 3.91. The maximum atomic E-state index is 11.1. The lowest BCUT2D eigenvalue weighted by molar-refractivity contribution is -0.117. The van der Waals surface area contributed by atoms with Crippen LogP contribution in [0.5, 0.6) is 5.75 Å². The standard InChI is InChI=1S/C9H12N2O2/c1-6(10)9(13)11-7-2-4-8(12)5-3-7/h2-6,12H,10H2,1H3,(H,11,13)/t6-/m1/s1. The number of hydrogen-bond acceptors (Lipinski definition) is 3. The van der Waals surface area contributed by atoms with Crippen LogP contribution in [0.2, 0.25) is 0 Å². The van der Waals surface area contributed by atoms with Gasteiger partial charge in [-0.15, -0.1) is 0 Å². The zero-order valence-electron chi connectivity index (χ0n) is 7.32. The second-order valence-corrected chi connectivity index (χ2v) is 2.82. The van der Waals surface area contributed by atoms with E-state index in [-0.39, 0.29) is 11.7 Å². The summed E-state index contributed by atoms with van der Waals surface area (Å²) in [5.74, 6) is -0.0792. The van der Waals surface area contributed by atoms with Crippen molar-refractivity contribution in [3.8, 4) is 5.75 Å². The van der Waals surface area contributed by atoms with Crippen LogP contribution < -0.4 is 11.1 Å². The maximum absolute atomic E-state index is 11.1. The van der Waals surface area contributed by atoms with Gasteiger partial charge in [0, 0.05) is 5.69 Å². The van der Waals surface area contributed by atoms with E-state index in [9.17, 15) is 4.79 Å². The van der Waals surface area contributed by atoms with Gasteiger partial charge in [0.1, 0.15) is 5.75 Å². The third kappa shape index (κ3) is 2.76. The fourth-order valence-corrected chi connectivity index (χ4v) is 0.801. The van der Waals surface area contributed by atoms with Crippen molar-refractivity contribution in [1.82, 2.24) is 0 Å². The molecule has 0 unspecified atom stereocenters. The van der Waals surface area contributed by atoms with Crippen LogP contribution in [0.15, 0.2) is 24.3 Å². The fourth-order valence-electron chi connectivity index (χ4n) is 0.801. The van der Waals surface area contributed by atoms with Gasteiger partial charge in [-0.1, -0.05) is 0 Å². The Morgan fingerprint density at radius 3 is 2.46 bits per heavy atom. The van der Waals surface area contributed by atoms with Gasteiger partial charge < -0.3 is 16.2 Å². The predicted octanol–water partition coefficient (Wildman–Crippen LogP) is 0.678. The normalized spacial score (nSPS) is 12.2. The minimum Gasteiger partial charge on any atom is -0.508 e. The number of amides is 1. The van der Waals surface area contributed by atoms with Crippen LogP contribution in [-0.4, -0.2) is 17.1 Å². The summed E-state index contributed by atoms with van der Waals surface area (Å²) >= 11 is 0. The number of nitrogens with one attached hydrogen (secondary N) is 1. The van der Waals surface area contributed by atoms with Crippen molar-refractivity contribution >= 4 is 11.6 Å². The number of nitrogens with two attached hydrogens (primary N) is 1. The third-order valence-corrected chi connectivity index (χ3v) is 1.55. The van der Waals surface area contributed by atoms with Crippen molar-refractivity contribution < 1.29 is 9.90 Å². The lowest BCUT2D eigenvalue weighted by Crippen LogP contribution is -2.32. The Balaban J connectivity index is 2.65. The van der Waals surface area contributed by atoms with Gasteiger partial charge in [-0.25, -0.2) is 0 Å². The van der Waals surface area contributed by atoms with E-state index in [0.717, 1.165) is 0 Å². The molecule has 0 aliphatic heterocycles.